The molecule has 0 aliphatic heterocycles. The summed E-state index contributed by atoms with van der Waals surface area (Å²) in [5.74, 6) is 0.803. The van der Waals surface area contributed by atoms with E-state index in [1.165, 1.54) is 12.1 Å². The molecule has 0 saturated heterocycles. The summed E-state index contributed by atoms with van der Waals surface area (Å²) in [7, 11) is -3.67. The highest BCUT2D eigenvalue weighted by atomic mass is 32.2. The standard InChI is InChI=1S/C20H20N2O3S/c21-26(23,24)20-11-9-18(10-12-20)22-14-17-7-4-8-19(13-17)25-15-16-5-2-1-3-6-16/h1-13,22H,14-15H2,(H2,21,23,24). The number of benzene rings is 3. The molecule has 0 aromatic heterocycles. The molecule has 3 N–H and O–H groups in total. The predicted molar refractivity (Wildman–Crippen MR) is 102 cm³/mol. The van der Waals surface area contributed by atoms with Crippen molar-refractivity contribution >= 4 is 15.7 Å². The summed E-state index contributed by atoms with van der Waals surface area (Å²) < 4.78 is 28.4. The molecule has 3 rings (SSSR count). The lowest BCUT2D eigenvalue weighted by Crippen LogP contribution is -2.12. The number of sulfonamides is 1. The lowest BCUT2D eigenvalue weighted by molar-refractivity contribution is 0.306. The minimum Gasteiger partial charge on any atom is -0.489 e. The van der Waals surface area contributed by atoms with Crippen molar-refractivity contribution in [3.8, 4) is 5.75 Å². The molecule has 0 heterocycles. The third kappa shape index (κ3) is 5.08. The van der Waals surface area contributed by atoms with Crippen LogP contribution in [0.5, 0.6) is 5.75 Å². The smallest absolute Gasteiger partial charge is 0.238 e. The van der Waals surface area contributed by atoms with Crippen LogP contribution in [0.3, 0.4) is 0 Å². The van der Waals surface area contributed by atoms with Gasteiger partial charge in [-0.05, 0) is 47.5 Å². The molecule has 5 nitrogen and oxygen atoms in total. The maximum atomic E-state index is 11.3. The Hall–Kier alpha value is -2.83. The molecule has 0 saturated carbocycles. The molecular weight excluding hydrogens is 348 g/mol. The van der Waals surface area contributed by atoms with Gasteiger partial charge in [-0.25, -0.2) is 13.6 Å². The summed E-state index contributed by atoms with van der Waals surface area (Å²) in [6.07, 6.45) is 0. The third-order valence-corrected chi connectivity index (χ3v) is 4.76. The molecule has 0 fully saturated rings. The average Bonchev–Trinajstić information content (AvgIpc) is 2.66. The molecule has 134 valence electrons. The number of hydrogen-bond acceptors (Lipinski definition) is 4. The van der Waals surface area contributed by atoms with Crippen molar-refractivity contribution in [1.82, 2.24) is 0 Å². The molecule has 0 bridgehead atoms. The summed E-state index contributed by atoms with van der Waals surface area (Å²) in [6, 6.07) is 24.2. The summed E-state index contributed by atoms with van der Waals surface area (Å²) in [5.41, 5.74) is 2.99. The van der Waals surface area contributed by atoms with Gasteiger partial charge in [0, 0.05) is 12.2 Å². The number of nitrogens with one attached hydrogen (secondary N) is 1. The van der Waals surface area contributed by atoms with Crippen LogP contribution in [0, 0.1) is 0 Å². The van der Waals surface area contributed by atoms with E-state index in [2.05, 4.69) is 5.32 Å². The van der Waals surface area contributed by atoms with Gasteiger partial charge < -0.3 is 10.1 Å². The molecule has 0 unspecified atom stereocenters. The molecule has 0 aliphatic rings. The molecule has 3 aromatic carbocycles. The second kappa shape index (κ2) is 8.03. The molecular formula is C20H20N2O3S. The second-order valence-corrected chi connectivity index (χ2v) is 7.41. The number of anilines is 1. The first-order valence-electron chi connectivity index (χ1n) is 8.13. The van der Waals surface area contributed by atoms with E-state index < -0.39 is 10.0 Å². The van der Waals surface area contributed by atoms with Crippen LogP contribution >= 0.6 is 0 Å². The van der Waals surface area contributed by atoms with Crippen molar-refractivity contribution in [1.29, 1.82) is 0 Å². The van der Waals surface area contributed by atoms with E-state index in [9.17, 15) is 8.42 Å². The van der Waals surface area contributed by atoms with Crippen molar-refractivity contribution in [3.05, 3.63) is 90.0 Å². The minimum absolute atomic E-state index is 0.0966. The highest BCUT2D eigenvalue weighted by Gasteiger charge is 2.06. The van der Waals surface area contributed by atoms with Crippen LogP contribution in [0.15, 0.2) is 83.8 Å². The summed E-state index contributed by atoms with van der Waals surface area (Å²) >= 11 is 0. The van der Waals surface area contributed by atoms with E-state index >= 15 is 0 Å². The first-order chi connectivity index (χ1) is 12.5. The third-order valence-electron chi connectivity index (χ3n) is 3.83. The van der Waals surface area contributed by atoms with Gasteiger partial charge in [-0.2, -0.15) is 0 Å². The Balaban J connectivity index is 1.58. The Morgan fingerprint density at radius 2 is 1.54 bits per heavy atom. The van der Waals surface area contributed by atoms with Crippen molar-refractivity contribution in [2.24, 2.45) is 5.14 Å². The monoisotopic (exact) mass is 368 g/mol. The van der Waals surface area contributed by atoms with Crippen LogP contribution in [-0.4, -0.2) is 8.42 Å². The van der Waals surface area contributed by atoms with Gasteiger partial charge in [0.05, 0.1) is 4.90 Å². The molecule has 3 aromatic rings. The van der Waals surface area contributed by atoms with Gasteiger partial charge in [-0.15, -0.1) is 0 Å². The van der Waals surface area contributed by atoms with Crippen molar-refractivity contribution < 1.29 is 13.2 Å². The van der Waals surface area contributed by atoms with Crippen LogP contribution in [0.2, 0.25) is 0 Å². The zero-order valence-corrected chi connectivity index (χ0v) is 14.9. The van der Waals surface area contributed by atoms with Crippen LogP contribution in [-0.2, 0) is 23.2 Å². The maximum absolute atomic E-state index is 11.3. The number of rotatable bonds is 7. The first-order valence-corrected chi connectivity index (χ1v) is 9.68. The number of nitrogens with two attached hydrogens (primary N) is 1. The number of primary sulfonamides is 1. The van der Waals surface area contributed by atoms with Gasteiger partial charge in [0.2, 0.25) is 10.0 Å². The largest absolute Gasteiger partial charge is 0.489 e. The van der Waals surface area contributed by atoms with Gasteiger partial charge >= 0.3 is 0 Å². The summed E-state index contributed by atoms with van der Waals surface area (Å²) in [5, 5.41) is 8.35. The predicted octanol–water partition coefficient (Wildman–Crippen LogP) is 3.53. The molecule has 6 heteroatoms. The quantitative estimate of drug-likeness (QED) is 0.668. The van der Waals surface area contributed by atoms with Crippen molar-refractivity contribution in [3.63, 3.8) is 0 Å². The zero-order valence-electron chi connectivity index (χ0n) is 14.1. The lowest BCUT2D eigenvalue weighted by Gasteiger charge is -2.10. The average molecular weight is 368 g/mol. The van der Waals surface area contributed by atoms with E-state index in [4.69, 9.17) is 9.88 Å². The van der Waals surface area contributed by atoms with Gasteiger partial charge in [-0.1, -0.05) is 42.5 Å². The molecule has 26 heavy (non-hydrogen) atoms. The number of ether oxygens (including phenoxy) is 1. The van der Waals surface area contributed by atoms with Crippen LogP contribution < -0.4 is 15.2 Å². The topological polar surface area (TPSA) is 81.4 Å². The Labute approximate surface area is 153 Å². The molecule has 0 amide bonds. The van der Waals surface area contributed by atoms with E-state index in [0.29, 0.717) is 13.2 Å². The van der Waals surface area contributed by atoms with E-state index in [1.54, 1.807) is 12.1 Å². The van der Waals surface area contributed by atoms with Gasteiger partial charge in [-0.3, -0.25) is 0 Å². The first kappa shape index (κ1) is 18.0. The molecule has 0 spiro atoms. The van der Waals surface area contributed by atoms with E-state index in [0.717, 1.165) is 22.6 Å². The van der Waals surface area contributed by atoms with E-state index in [-0.39, 0.29) is 4.90 Å². The van der Waals surface area contributed by atoms with Gasteiger partial charge in [0.25, 0.3) is 0 Å². The lowest BCUT2D eigenvalue weighted by atomic mass is 10.2. The van der Waals surface area contributed by atoms with Crippen molar-refractivity contribution in [2.45, 2.75) is 18.0 Å². The minimum atomic E-state index is -3.67. The summed E-state index contributed by atoms with van der Waals surface area (Å²) in [4.78, 5) is 0.0966. The highest BCUT2D eigenvalue weighted by molar-refractivity contribution is 7.89. The van der Waals surface area contributed by atoms with Crippen LogP contribution in [0.25, 0.3) is 0 Å². The normalized spacial score (nSPS) is 11.1. The van der Waals surface area contributed by atoms with Gasteiger partial charge in [0.15, 0.2) is 0 Å². The SMILES string of the molecule is NS(=O)(=O)c1ccc(NCc2cccc(OCc3ccccc3)c2)cc1. The summed E-state index contributed by atoms with van der Waals surface area (Å²) in [6.45, 7) is 1.12. The Bertz CT molecular complexity index is 956. The maximum Gasteiger partial charge on any atom is 0.238 e. The second-order valence-electron chi connectivity index (χ2n) is 5.84. The fourth-order valence-electron chi connectivity index (χ4n) is 2.45. The van der Waals surface area contributed by atoms with Crippen LogP contribution in [0.4, 0.5) is 5.69 Å². The Morgan fingerprint density at radius 1 is 0.846 bits per heavy atom. The fourth-order valence-corrected chi connectivity index (χ4v) is 2.97. The number of hydrogen-bond donors (Lipinski definition) is 2. The fraction of sp³-hybridized carbons (Fsp3) is 0.100. The Kier molecular flexibility index (Phi) is 5.55. The molecule has 0 aliphatic carbocycles. The van der Waals surface area contributed by atoms with Gasteiger partial charge in [0.1, 0.15) is 12.4 Å². The van der Waals surface area contributed by atoms with E-state index in [1.807, 2.05) is 54.6 Å². The van der Waals surface area contributed by atoms with Crippen LogP contribution in [0.1, 0.15) is 11.1 Å². The van der Waals surface area contributed by atoms with Crippen molar-refractivity contribution in [2.75, 3.05) is 5.32 Å². The zero-order chi connectivity index (χ0) is 18.4. The Morgan fingerprint density at radius 3 is 2.23 bits per heavy atom. The highest BCUT2D eigenvalue weighted by Crippen LogP contribution is 2.18. The molecule has 0 atom stereocenters. The molecule has 0 radical (unpaired) electrons.